The Morgan fingerprint density at radius 1 is 1.22 bits per heavy atom. The highest BCUT2D eigenvalue weighted by Gasteiger charge is 2.23. The van der Waals surface area contributed by atoms with E-state index in [1.165, 1.54) is 28.1 Å². The fraction of sp³-hybridized carbons (Fsp3) is 0.368. The van der Waals surface area contributed by atoms with Gasteiger partial charge >= 0.3 is 0 Å². The zero-order chi connectivity index (χ0) is 16.4. The summed E-state index contributed by atoms with van der Waals surface area (Å²) in [5.74, 6) is 1.15. The first kappa shape index (κ1) is 15.5. The van der Waals surface area contributed by atoms with Crippen LogP contribution in [0.5, 0.6) is 0 Å². The fourth-order valence-corrected chi connectivity index (χ4v) is 3.25. The largest absolute Gasteiger partial charge is 0.388 e. The topological polar surface area (TPSA) is 39.3 Å². The van der Waals surface area contributed by atoms with E-state index in [0.717, 1.165) is 18.8 Å². The van der Waals surface area contributed by atoms with Crippen LogP contribution in [0.15, 0.2) is 47.8 Å². The summed E-state index contributed by atoms with van der Waals surface area (Å²) in [7, 11) is 6.07. The average Bonchev–Trinajstić information content (AvgIpc) is 2.59. The van der Waals surface area contributed by atoms with Crippen molar-refractivity contribution in [2.24, 2.45) is 0 Å². The minimum Gasteiger partial charge on any atom is -0.388 e. The van der Waals surface area contributed by atoms with Gasteiger partial charge in [-0.1, -0.05) is 25.1 Å². The third-order valence-electron chi connectivity index (χ3n) is 4.64. The van der Waals surface area contributed by atoms with E-state index in [0.29, 0.717) is 0 Å². The molecule has 1 aromatic carbocycles. The maximum atomic E-state index is 3.70. The van der Waals surface area contributed by atoms with Crippen molar-refractivity contribution in [3.05, 3.63) is 58.9 Å². The van der Waals surface area contributed by atoms with Crippen molar-refractivity contribution in [1.29, 1.82) is 0 Å². The van der Waals surface area contributed by atoms with E-state index in [4.69, 9.17) is 0 Å². The molecule has 0 saturated heterocycles. The number of anilines is 1. The lowest BCUT2D eigenvalue weighted by Crippen LogP contribution is -2.36. The number of benzene rings is 1. The van der Waals surface area contributed by atoms with Gasteiger partial charge in [-0.05, 0) is 35.8 Å². The predicted molar refractivity (Wildman–Crippen MR) is 98.1 cm³/mol. The zero-order valence-electron chi connectivity index (χ0n) is 14.4. The van der Waals surface area contributed by atoms with Crippen LogP contribution in [0.3, 0.4) is 0 Å². The lowest BCUT2D eigenvalue weighted by atomic mass is 9.94. The fourth-order valence-electron chi connectivity index (χ4n) is 3.25. The molecule has 0 amide bonds. The van der Waals surface area contributed by atoms with E-state index in [2.05, 4.69) is 71.2 Å². The van der Waals surface area contributed by atoms with Gasteiger partial charge in [0.2, 0.25) is 0 Å². The molecule has 2 aliphatic heterocycles. The van der Waals surface area contributed by atoms with Gasteiger partial charge in [0.15, 0.2) is 0 Å². The molecule has 0 fully saturated rings. The van der Waals surface area contributed by atoms with E-state index in [1.54, 1.807) is 0 Å². The normalized spacial score (nSPS) is 19.9. The molecule has 122 valence electrons. The van der Waals surface area contributed by atoms with Gasteiger partial charge in [0.05, 0.1) is 6.04 Å². The summed E-state index contributed by atoms with van der Waals surface area (Å²) in [6.07, 6.45) is 7.71. The van der Waals surface area contributed by atoms with E-state index in [-0.39, 0.29) is 6.04 Å². The number of allylic oxidation sites excluding steroid dienone is 2. The number of hydrogen-bond acceptors (Lipinski definition) is 4. The highest BCUT2D eigenvalue weighted by atomic mass is 15.2. The smallest absolute Gasteiger partial charge is 0.101 e. The van der Waals surface area contributed by atoms with E-state index in [9.17, 15) is 0 Å². The summed E-state index contributed by atoms with van der Waals surface area (Å²) in [5, 5.41) is 10.3. The summed E-state index contributed by atoms with van der Waals surface area (Å²) in [4.78, 5) is 2.24. The monoisotopic (exact) mass is 310 g/mol. The van der Waals surface area contributed by atoms with Crippen LogP contribution < -0.4 is 16.0 Å². The van der Waals surface area contributed by atoms with Gasteiger partial charge in [-0.25, -0.2) is 0 Å². The molecule has 0 spiro atoms. The molecule has 4 heteroatoms. The average molecular weight is 310 g/mol. The van der Waals surface area contributed by atoms with Gasteiger partial charge in [-0.2, -0.15) is 0 Å². The Bertz CT molecular complexity index is 685. The molecular weight excluding hydrogens is 284 g/mol. The van der Waals surface area contributed by atoms with Gasteiger partial charge in [-0.3, -0.25) is 0 Å². The lowest BCUT2D eigenvalue weighted by molar-refractivity contribution is 0.413. The second kappa shape index (κ2) is 6.41. The van der Waals surface area contributed by atoms with Crippen LogP contribution in [0.1, 0.15) is 18.1 Å². The molecule has 0 saturated carbocycles. The maximum Gasteiger partial charge on any atom is 0.101 e. The second-order valence-corrected chi connectivity index (χ2v) is 6.09. The van der Waals surface area contributed by atoms with E-state index in [1.807, 2.05) is 14.1 Å². The minimum atomic E-state index is 0.217. The number of nitrogens with one attached hydrogen (secondary N) is 3. The third-order valence-corrected chi connectivity index (χ3v) is 4.64. The molecular formula is C19H26N4. The molecule has 0 aromatic heterocycles. The van der Waals surface area contributed by atoms with Crippen molar-refractivity contribution in [2.45, 2.75) is 19.4 Å². The standard InChI is InChI=1S/C19H26N4/c1-5-13-6-8-15-17(20-2)11-16(22-18(15)10-13)14-7-9-19(21-3)23(4)12-14/h6-11,16,20-22H,5,12H2,1-4H3. The summed E-state index contributed by atoms with van der Waals surface area (Å²) >= 11 is 0. The molecule has 1 atom stereocenters. The number of aryl methyl sites for hydroxylation is 1. The van der Waals surface area contributed by atoms with Crippen LogP contribution in [0, 0.1) is 0 Å². The summed E-state index contributed by atoms with van der Waals surface area (Å²) < 4.78 is 0. The van der Waals surface area contributed by atoms with Crippen LogP contribution in [0.2, 0.25) is 0 Å². The maximum absolute atomic E-state index is 3.70. The third kappa shape index (κ3) is 2.93. The number of nitrogens with zero attached hydrogens (tertiary/aromatic N) is 1. The summed E-state index contributed by atoms with van der Waals surface area (Å²) in [6.45, 7) is 3.11. The van der Waals surface area contributed by atoms with E-state index >= 15 is 0 Å². The summed E-state index contributed by atoms with van der Waals surface area (Å²) in [5.41, 5.74) is 6.38. The Morgan fingerprint density at radius 3 is 2.70 bits per heavy atom. The molecule has 3 rings (SSSR count). The SMILES string of the molecule is CCc1ccc2c(c1)NC(C1=CC=C(NC)N(C)C1)C=C2NC. The van der Waals surface area contributed by atoms with Crippen molar-refractivity contribution in [3.63, 3.8) is 0 Å². The van der Waals surface area contributed by atoms with Crippen molar-refractivity contribution in [2.75, 3.05) is 33.0 Å². The molecule has 2 aliphatic rings. The lowest BCUT2D eigenvalue weighted by Gasteiger charge is -2.33. The van der Waals surface area contributed by atoms with E-state index < -0.39 is 0 Å². The first-order chi connectivity index (χ1) is 11.2. The Hall–Kier alpha value is -2.36. The van der Waals surface area contributed by atoms with Crippen molar-refractivity contribution in [1.82, 2.24) is 15.5 Å². The second-order valence-electron chi connectivity index (χ2n) is 6.09. The first-order valence-corrected chi connectivity index (χ1v) is 8.25. The molecule has 0 radical (unpaired) electrons. The minimum absolute atomic E-state index is 0.217. The Labute approximate surface area is 139 Å². The molecule has 0 aliphatic carbocycles. The summed E-state index contributed by atoms with van der Waals surface area (Å²) in [6, 6.07) is 6.91. The molecule has 0 bridgehead atoms. The van der Waals surface area contributed by atoms with Crippen molar-refractivity contribution in [3.8, 4) is 0 Å². The van der Waals surface area contributed by atoms with Crippen LogP contribution in [-0.2, 0) is 6.42 Å². The molecule has 2 heterocycles. The van der Waals surface area contributed by atoms with Crippen LogP contribution >= 0.6 is 0 Å². The Balaban J connectivity index is 1.94. The molecule has 3 N–H and O–H groups in total. The van der Waals surface area contributed by atoms with Gasteiger partial charge in [0, 0.05) is 44.6 Å². The van der Waals surface area contributed by atoms with Crippen LogP contribution in [0.4, 0.5) is 5.69 Å². The number of fused-ring (bicyclic) bond motifs is 1. The molecule has 4 nitrogen and oxygen atoms in total. The highest BCUT2D eigenvalue weighted by molar-refractivity contribution is 5.80. The van der Waals surface area contributed by atoms with Crippen LogP contribution in [0.25, 0.3) is 5.70 Å². The Kier molecular flexibility index (Phi) is 4.33. The van der Waals surface area contributed by atoms with Gasteiger partial charge in [-0.15, -0.1) is 0 Å². The van der Waals surface area contributed by atoms with Crippen LogP contribution in [-0.4, -0.2) is 38.6 Å². The molecule has 23 heavy (non-hydrogen) atoms. The number of likely N-dealkylation sites (N-methyl/N-ethyl adjacent to an activating group) is 1. The van der Waals surface area contributed by atoms with Gasteiger partial charge in [0.1, 0.15) is 5.82 Å². The number of hydrogen-bond donors (Lipinski definition) is 3. The molecule has 1 unspecified atom stereocenters. The number of rotatable bonds is 4. The van der Waals surface area contributed by atoms with Gasteiger partial charge < -0.3 is 20.9 Å². The first-order valence-electron chi connectivity index (χ1n) is 8.25. The Morgan fingerprint density at radius 2 is 2.04 bits per heavy atom. The predicted octanol–water partition coefficient (Wildman–Crippen LogP) is 2.54. The van der Waals surface area contributed by atoms with Crippen molar-refractivity contribution >= 4 is 11.4 Å². The molecule has 1 aromatic rings. The quantitative estimate of drug-likeness (QED) is 0.799. The highest BCUT2D eigenvalue weighted by Crippen LogP contribution is 2.32. The van der Waals surface area contributed by atoms with Crippen molar-refractivity contribution < 1.29 is 0 Å². The zero-order valence-corrected chi connectivity index (χ0v) is 14.4. The van der Waals surface area contributed by atoms with Gasteiger partial charge in [0.25, 0.3) is 0 Å².